The normalized spacial score (nSPS) is 14.4. The Morgan fingerprint density at radius 1 is 1.16 bits per heavy atom. The quantitative estimate of drug-likeness (QED) is 0.245. The zero-order valence-corrected chi connectivity index (χ0v) is 14.8. The first-order valence-electron chi connectivity index (χ1n) is 7.75. The highest BCUT2D eigenvalue weighted by atomic mass is 28.3. The van der Waals surface area contributed by atoms with E-state index in [0.29, 0.717) is 5.04 Å². The zero-order valence-electron chi connectivity index (χ0n) is 13.8. The number of hydrogen-bond acceptors (Lipinski definition) is 2. The summed E-state index contributed by atoms with van der Waals surface area (Å²) in [6, 6.07) is 1.66. The van der Waals surface area contributed by atoms with Crippen molar-refractivity contribution < 1.29 is 5.21 Å². The third kappa shape index (κ3) is 7.90. The third-order valence-electron chi connectivity index (χ3n) is 4.79. The van der Waals surface area contributed by atoms with Crippen LogP contribution in [0.1, 0.15) is 59.3 Å². The molecular formula is C16H35NOSi. The summed E-state index contributed by atoms with van der Waals surface area (Å²) in [5.74, 6) is 0. The summed E-state index contributed by atoms with van der Waals surface area (Å²) in [6.07, 6.45) is 8.80. The molecule has 0 aliphatic heterocycles. The minimum absolute atomic E-state index is 0.242. The van der Waals surface area contributed by atoms with Gasteiger partial charge in [0.1, 0.15) is 0 Å². The Hall–Kier alpha value is -0.123. The maximum Gasteiger partial charge on any atom is 0.0527 e. The molecule has 1 atom stereocenters. The third-order valence-corrected chi connectivity index (χ3v) is 10.5. The molecule has 0 fully saturated rings. The van der Waals surface area contributed by atoms with Gasteiger partial charge in [-0.1, -0.05) is 65.2 Å². The molecule has 2 N–H and O–H groups in total. The van der Waals surface area contributed by atoms with E-state index in [4.69, 9.17) is 5.21 Å². The lowest BCUT2D eigenvalue weighted by molar-refractivity contribution is 0.116. The lowest BCUT2D eigenvalue weighted by Gasteiger charge is -2.37. The molecule has 0 aromatic rings. The van der Waals surface area contributed by atoms with Gasteiger partial charge in [0.25, 0.3) is 0 Å². The van der Waals surface area contributed by atoms with Gasteiger partial charge in [0, 0.05) is 6.04 Å². The van der Waals surface area contributed by atoms with Gasteiger partial charge in [-0.15, -0.1) is 6.58 Å². The van der Waals surface area contributed by atoms with Gasteiger partial charge in [-0.25, -0.2) is 5.48 Å². The van der Waals surface area contributed by atoms with Gasteiger partial charge in [0.15, 0.2) is 0 Å². The summed E-state index contributed by atoms with van der Waals surface area (Å²) in [4.78, 5) is 0. The van der Waals surface area contributed by atoms with Crippen molar-refractivity contribution in [3.63, 3.8) is 0 Å². The van der Waals surface area contributed by atoms with Crippen LogP contribution in [-0.2, 0) is 0 Å². The van der Waals surface area contributed by atoms with Gasteiger partial charge in [-0.3, -0.25) is 0 Å². The Morgan fingerprint density at radius 3 is 2.26 bits per heavy atom. The molecule has 19 heavy (non-hydrogen) atoms. The maximum absolute atomic E-state index is 9.07. The van der Waals surface area contributed by atoms with Crippen molar-refractivity contribution in [3.8, 4) is 0 Å². The van der Waals surface area contributed by atoms with Crippen molar-refractivity contribution in [1.29, 1.82) is 0 Å². The van der Waals surface area contributed by atoms with Gasteiger partial charge in [-0.2, -0.15) is 0 Å². The fourth-order valence-corrected chi connectivity index (χ4v) is 3.99. The molecule has 0 heterocycles. The molecule has 0 aromatic heterocycles. The van der Waals surface area contributed by atoms with Crippen LogP contribution in [0.2, 0.25) is 24.2 Å². The topological polar surface area (TPSA) is 32.3 Å². The molecule has 0 aromatic carbocycles. The lowest BCUT2D eigenvalue weighted by atomic mass is 10.0. The van der Waals surface area contributed by atoms with Crippen molar-refractivity contribution in [2.24, 2.45) is 0 Å². The van der Waals surface area contributed by atoms with Gasteiger partial charge >= 0.3 is 0 Å². The largest absolute Gasteiger partial charge is 0.317 e. The average Bonchev–Trinajstić information content (AvgIpc) is 2.31. The number of allylic oxidation sites excluding steroid dienone is 1. The Morgan fingerprint density at radius 2 is 1.79 bits per heavy atom. The fraction of sp³-hybridized carbons (Fsp3) is 0.875. The van der Waals surface area contributed by atoms with Crippen molar-refractivity contribution in [2.45, 2.75) is 89.5 Å². The second kappa shape index (κ2) is 8.93. The van der Waals surface area contributed by atoms with Crippen LogP contribution in [0, 0.1) is 0 Å². The Kier molecular flexibility index (Phi) is 8.87. The first-order chi connectivity index (χ1) is 8.74. The molecule has 0 rings (SSSR count). The summed E-state index contributed by atoms with van der Waals surface area (Å²) in [5, 5.41) is 9.57. The molecule has 1 unspecified atom stereocenters. The average molecular weight is 286 g/mol. The van der Waals surface area contributed by atoms with Crippen molar-refractivity contribution in [1.82, 2.24) is 5.48 Å². The Labute approximate surface area is 121 Å². The number of hydrogen-bond donors (Lipinski definition) is 2. The van der Waals surface area contributed by atoms with E-state index in [2.05, 4.69) is 45.9 Å². The molecule has 0 spiro atoms. The zero-order chi connectivity index (χ0) is 14.9. The van der Waals surface area contributed by atoms with E-state index in [1.54, 1.807) is 0 Å². The molecule has 3 heteroatoms. The predicted molar refractivity (Wildman–Crippen MR) is 88.6 cm³/mol. The highest BCUT2D eigenvalue weighted by Crippen LogP contribution is 2.39. The molecule has 114 valence electrons. The van der Waals surface area contributed by atoms with Gasteiger partial charge in [-0.05, 0) is 24.3 Å². The summed E-state index contributed by atoms with van der Waals surface area (Å²) in [6.45, 7) is 15.9. The molecule has 0 saturated carbocycles. The van der Waals surface area contributed by atoms with Gasteiger partial charge in [0.05, 0.1) is 8.07 Å². The van der Waals surface area contributed by atoms with Gasteiger partial charge < -0.3 is 5.21 Å². The van der Waals surface area contributed by atoms with E-state index in [9.17, 15) is 0 Å². The van der Waals surface area contributed by atoms with E-state index >= 15 is 0 Å². The van der Waals surface area contributed by atoms with E-state index in [1.165, 1.54) is 25.3 Å². The lowest BCUT2D eigenvalue weighted by Crippen LogP contribution is -2.36. The summed E-state index contributed by atoms with van der Waals surface area (Å²) < 4.78 is 0. The highest BCUT2D eigenvalue weighted by Gasteiger charge is 2.33. The molecule has 0 amide bonds. The standard InChI is InChI=1S/C16H35NOSi/c1-7-8-12-15(17-18)13-10-9-11-14-19(5,6)16(2,3)4/h7,15,17-18H,1,8-14H2,2-6H3. The van der Waals surface area contributed by atoms with Crippen LogP contribution in [0.4, 0.5) is 0 Å². The molecule has 0 aliphatic rings. The van der Waals surface area contributed by atoms with Crippen LogP contribution < -0.4 is 5.48 Å². The van der Waals surface area contributed by atoms with Crippen LogP contribution in [0.15, 0.2) is 12.7 Å². The first-order valence-corrected chi connectivity index (χ1v) is 11.0. The Bertz CT molecular complexity index is 246. The second-order valence-corrected chi connectivity index (χ2v) is 13.2. The minimum atomic E-state index is -1.09. The maximum atomic E-state index is 9.07. The summed E-state index contributed by atoms with van der Waals surface area (Å²) in [5.41, 5.74) is 2.43. The van der Waals surface area contributed by atoms with Crippen molar-refractivity contribution in [2.75, 3.05) is 0 Å². The van der Waals surface area contributed by atoms with E-state index in [1.807, 2.05) is 6.08 Å². The number of rotatable bonds is 10. The van der Waals surface area contributed by atoms with Crippen LogP contribution in [0.25, 0.3) is 0 Å². The SMILES string of the molecule is C=CCCC(CCCCC[Si](C)(C)C(C)(C)C)NO. The molecule has 0 bridgehead atoms. The van der Waals surface area contributed by atoms with Crippen LogP contribution in [-0.4, -0.2) is 19.3 Å². The van der Waals surface area contributed by atoms with E-state index < -0.39 is 8.07 Å². The van der Waals surface area contributed by atoms with Crippen molar-refractivity contribution >= 4 is 8.07 Å². The number of nitrogens with one attached hydrogen (secondary N) is 1. The molecule has 0 saturated heterocycles. The molecular weight excluding hydrogens is 250 g/mol. The van der Waals surface area contributed by atoms with E-state index in [0.717, 1.165) is 19.3 Å². The Balaban J connectivity index is 3.77. The van der Waals surface area contributed by atoms with E-state index in [-0.39, 0.29) is 6.04 Å². The fourth-order valence-electron chi connectivity index (χ4n) is 2.10. The molecule has 0 aliphatic carbocycles. The van der Waals surface area contributed by atoms with Crippen LogP contribution in [0.5, 0.6) is 0 Å². The predicted octanol–water partition coefficient (Wildman–Crippen LogP) is 5.37. The van der Waals surface area contributed by atoms with Crippen LogP contribution in [0.3, 0.4) is 0 Å². The minimum Gasteiger partial charge on any atom is -0.317 e. The number of hydroxylamine groups is 1. The monoisotopic (exact) mass is 285 g/mol. The number of unbranched alkanes of at least 4 members (excludes halogenated alkanes) is 2. The molecule has 2 nitrogen and oxygen atoms in total. The smallest absolute Gasteiger partial charge is 0.0527 e. The van der Waals surface area contributed by atoms with Crippen LogP contribution >= 0.6 is 0 Å². The summed E-state index contributed by atoms with van der Waals surface area (Å²) in [7, 11) is -1.09. The summed E-state index contributed by atoms with van der Waals surface area (Å²) >= 11 is 0. The second-order valence-electron chi connectivity index (χ2n) is 7.43. The van der Waals surface area contributed by atoms with Gasteiger partial charge in [0.2, 0.25) is 0 Å². The first kappa shape index (κ1) is 18.9. The van der Waals surface area contributed by atoms with Crippen molar-refractivity contribution in [3.05, 3.63) is 12.7 Å². The highest BCUT2D eigenvalue weighted by molar-refractivity contribution is 6.80. The molecule has 0 radical (unpaired) electrons.